The van der Waals surface area contributed by atoms with Crippen molar-refractivity contribution in [2.45, 2.75) is 0 Å². The van der Waals surface area contributed by atoms with E-state index >= 15 is 0 Å². The summed E-state index contributed by atoms with van der Waals surface area (Å²) in [5.41, 5.74) is 1.08. The number of hydrogen-bond donors (Lipinski definition) is 3. The molecule has 2 aliphatic rings. The SMILES string of the molecule is O=C1C([NH2+]O)=C(NCCN2CCN(c3ccc(Cl)cn3)CC2)C(=O)c2ncccc21. The number of quaternary nitrogens is 1. The van der Waals surface area contributed by atoms with Crippen LogP contribution in [0.5, 0.6) is 0 Å². The third kappa shape index (κ3) is 4.05. The molecule has 0 unspecified atom stereocenters. The van der Waals surface area contributed by atoms with E-state index in [2.05, 4.69) is 25.1 Å². The fourth-order valence-corrected chi connectivity index (χ4v) is 3.77. The number of hydrogen-bond acceptors (Lipinski definition) is 8. The zero-order valence-electron chi connectivity index (χ0n) is 16.2. The van der Waals surface area contributed by atoms with Gasteiger partial charge < -0.3 is 10.2 Å². The van der Waals surface area contributed by atoms with Crippen LogP contribution in [0.1, 0.15) is 20.8 Å². The first kappa shape index (κ1) is 20.4. The van der Waals surface area contributed by atoms with Gasteiger partial charge in [-0.1, -0.05) is 11.6 Å². The molecule has 1 aliphatic carbocycles. The van der Waals surface area contributed by atoms with Crippen LogP contribution >= 0.6 is 11.6 Å². The van der Waals surface area contributed by atoms with Gasteiger partial charge >= 0.3 is 0 Å². The van der Waals surface area contributed by atoms with E-state index in [1.165, 1.54) is 12.3 Å². The Morgan fingerprint density at radius 3 is 2.60 bits per heavy atom. The van der Waals surface area contributed by atoms with Gasteiger partial charge in [0.05, 0.1) is 10.6 Å². The van der Waals surface area contributed by atoms with E-state index in [1.54, 1.807) is 12.3 Å². The van der Waals surface area contributed by atoms with Crippen molar-refractivity contribution in [2.24, 2.45) is 0 Å². The number of rotatable bonds is 6. The van der Waals surface area contributed by atoms with Gasteiger partial charge in [0.1, 0.15) is 11.5 Å². The molecule has 156 valence electrons. The number of ketones is 2. The molecule has 9 nitrogen and oxygen atoms in total. The number of halogens is 1. The lowest BCUT2D eigenvalue weighted by molar-refractivity contribution is -0.846. The van der Waals surface area contributed by atoms with Crippen molar-refractivity contribution in [1.82, 2.24) is 20.2 Å². The van der Waals surface area contributed by atoms with Crippen LogP contribution in [0, 0.1) is 0 Å². The number of pyridine rings is 2. The maximum absolute atomic E-state index is 12.7. The second-order valence-electron chi connectivity index (χ2n) is 7.07. The van der Waals surface area contributed by atoms with E-state index in [0.717, 1.165) is 32.0 Å². The number of carbonyl (C=O) groups excluding carboxylic acids is 2. The molecule has 0 amide bonds. The van der Waals surface area contributed by atoms with Gasteiger partial charge in [-0.05, 0) is 24.3 Å². The van der Waals surface area contributed by atoms with Crippen LogP contribution in [-0.4, -0.2) is 70.9 Å². The number of nitrogens with one attached hydrogen (secondary N) is 1. The van der Waals surface area contributed by atoms with E-state index < -0.39 is 5.78 Å². The summed E-state index contributed by atoms with van der Waals surface area (Å²) in [5, 5.41) is 13.2. The summed E-state index contributed by atoms with van der Waals surface area (Å²) < 4.78 is 0. The Kier molecular flexibility index (Phi) is 6.05. The summed E-state index contributed by atoms with van der Waals surface area (Å²) in [5.74, 6) is 0.110. The number of anilines is 1. The largest absolute Gasteiger partial charge is 0.375 e. The lowest BCUT2D eigenvalue weighted by Crippen LogP contribution is -2.81. The fraction of sp³-hybridized carbons (Fsp3) is 0.300. The average molecular weight is 430 g/mol. The minimum absolute atomic E-state index is 0.0286. The van der Waals surface area contributed by atoms with Crippen molar-refractivity contribution < 1.29 is 20.3 Å². The maximum Gasteiger partial charge on any atom is 0.253 e. The Bertz CT molecular complexity index is 986. The summed E-state index contributed by atoms with van der Waals surface area (Å²) in [6, 6.07) is 6.88. The van der Waals surface area contributed by atoms with Crippen molar-refractivity contribution in [2.75, 3.05) is 44.2 Å². The molecule has 0 bridgehead atoms. The number of fused-ring (bicyclic) bond motifs is 1. The quantitative estimate of drug-likeness (QED) is 0.553. The van der Waals surface area contributed by atoms with E-state index in [1.807, 2.05) is 12.1 Å². The summed E-state index contributed by atoms with van der Waals surface area (Å²) in [6.07, 6.45) is 3.12. The molecule has 0 radical (unpaired) electrons. The number of nitrogens with zero attached hydrogens (tertiary/aromatic N) is 4. The molecule has 3 heterocycles. The predicted molar refractivity (Wildman–Crippen MR) is 110 cm³/mol. The van der Waals surface area contributed by atoms with Crippen molar-refractivity contribution in [3.8, 4) is 0 Å². The molecule has 1 saturated heterocycles. The van der Waals surface area contributed by atoms with Gasteiger partial charge in [-0.3, -0.25) is 19.5 Å². The summed E-state index contributed by atoms with van der Waals surface area (Å²) in [6.45, 7) is 4.53. The van der Waals surface area contributed by atoms with Gasteiger partial charge in [0.2, 0.25) is 11.5 Å². The highest BCUT2D eigenvalue weighted by atomic mass is 35.5. The molecule has 10 heteroatoms. The molecular formula is C20H22ClN6O3+. The average Bonchev–Trinajstić information content (AvgIpc) is 2.78. The number of allylic oxidation sites excluding steroid dienone is 2. The van der Waals surface area contributed by atoms with Crippen LogP contribution in [-0.2, 0) is 0 Å². The van der Waals surface area contributed by atoms with Gasteiger partial charge in [-0.15, -0.1) is 0 Å². The molecular weight excluding hydrogens is 408 g/mol. The molecule has 4 N–H and O–H groups in total. The Labute approximate surface area is 178 Å². The third-order valence-electron chi connectivity index (χ3n) is 5.28. The zero-order chi connectivity index (χ0) is 21.1. The summed E-state index contributed by atoms with van der Waals surface area (Å²) in [4.78, 5) is 38.1. The molecule has 2 aromatic heterocycles. The first-order valence-electron chi connectivity index (χ1n) is 9.67. The molecule has 1 fully saturated rings. The first-order chi connectivity index (χ1) is 14.6. The minimum atomic E-state index is -0.410. The van der Waals surface area contributed by atoms with E-state index in [4.69, 9.17) is 11.6 Å². The normalized spacial score (nSPS) is 17.3. The van der Waals surface area contributed by atoms with Gasteiger partial charge in [0, 0.05) is 51.7 Å². The van der Waals surface area contributed by atoms with Crippen molar-refractivity contribution in [1.29, 1.82) is 0 Å². The second-order valence-corrected chi connectivity index (χ2v) is 7.50. The van der Waals surface area contributed by atoms with E-state index in [0.29, 0.717) is 23.6 Å². The Balaban J connectivity index is 1.34. The zero-order valence-corrected chi connectivity index (χ0v) is 17.0. The van der Waals surface area contributed by atoms with Gasteiger partial charge in [0.25, 0.3) is 5.78 Å². The number of aromatic nitrogens is 2. The highest BCUT2D eigenvalue weighted by Crippen LogP contribution is 2.20. The number of nitrogens with two attached hydrogens (primary N) is 1. The molecule has 4 rings (SSSR count). The van der Waals surface area contributed by atoms with Crippen LogP contribution in [0.15, 0.2) is 48.1 Å². The molecule has 0 saturated carbocycles. The van der Waals surface area contributed by atoms with Gasteiger partial charge in [0.15, 0.2) is 5.70 Å². The van der Waals surface area contributed by atoms with Crippen LogP contribution in [0.3, 0.4) is 0 Å². The monoisotopic (exact) mass is 429 g/mol. The van der Waals surface area contributed by atoms with Gasteiger partial charge in [-0.25, -0.2) is 10.2 Å². The second kappa shape index (κ2) is 8.88. The number of Topliss-reactive ketones (excluding diaryl/α,β-unsaturated/α-hetero) is 2. The van der Waals surface area contributed by atoms with Crippen LogP contribution in [0.4, 0.5) is 5.82 Å². The molecule has 1 aliphatic heterocycles. The molecule has 0 aromatic carbocycles. The van der Waals surface area contributed by atoms with Crippen LogP contribution in [0.2, 0.25) is 5.02 Å². The van der Waals surface area contributed by atoms with Gasteiger partial charge in [-0.2, -0.15) is 5.48 Å². The maximum atomic E-state index is 12.7. The molecule has 0 atom stereocenters. The summed E-state index contributed by atoms with van der Waals surface area (Å²) in [7, 11) is 0. The Morgan fingerprint density at radius 2 is 1.90 bits per heavy atom. The van der Waals surface area contributed by atoms with Crippen molar-refractivity contribution in [3.05, 3.63) is 64.3 Å². The highest BCUT2D eigenvalue weighted by molar-refractivity contribution is 6.30. The lowest BCUT2D eigenvalue weighted by atomic mass is 9.94. The van der Waals surface area contributed by atoms with Crippen LogP contribution < -0.4 is 15.7 Å². The van der Waals surface area contributed by atoms with E-state index in [9.17, 15) is 14.8 Å². The van der Waals surface area contributed by atoms with Crippen LogP contribution in [0.25, 0.3) is 0 Å². The molecule has 0 spiro atoms. The highest BCUT2D eigenvalue weighted by Gasteiger charge is 2.36. The third-order valence-corrected chi connectivity index (χ3v) is 5.50. The number of carbonyl (C=O) groups is 2. The van der Waals surface area contributed by atoms with E-state index in [-0.39, 0.29) is 28.4 Å². The van der Waals surface area contributed by atoms with Crippen molar-refractivity contribution in [3.63, 3.8) is 0 Å². The molecule has 2 aromatic rings. The first-order valence-corrected chi connectivity index (χ1v) is 10.0. The topological polar surface area (TPSA) is 115 Å². The van der Waals surface area contributed by atoms with Crippen molar-refractivity contribution >= 4 is 29.0 Å². The lowest BCUT2D eigenvalue weighted by Gasteiger charge is -2.35. The summed E-state index contributed by atoms with van der Waals surface area (Å²) >= 11 is 5.90. The standard InChI is InChI=1S/C20H21ClN6O3/c21-13-3-4-15(24-12-13)27-10-8-26(9-11-27)7-6-23-17-18(25-30)19(28)14-2-1-5-22-16(14)20(17)29/h1-5,12,23,25,30H,6-11H2/p+1. The molecule has 30 heavy (non-hydrogen) atoms. The number of piperazine rings is 1. The fourth-order valence-electron chi connectivity index (χ4n) is 3.66. The minimum Gasteiger partial charge on any atom is -0.375 e. The Morgan fingerprint density at radius 1 is 1.10 bits per heavy atom. The smallest absolute Gasteiger partial charge is 0.253 e. The predicted octanol–water partition coefficient (Wildman–Crippen LogP) is 0.0850. The Hall–Kier alpha value is -2.85. The number of hydroxylamine groups is 1.